The molecule has 9 heteroatoms. The fourth-order valence-corrected chi connectivity index (χ4v) is 2.56. The summed E-state index contributed by atoms with van der Waals surface area (Å²) in [5, 5.41) is 0. The van der Waals surface area contributed by atoms with Gasteiger partial charge in [0, 0.05) is 19.7 Å². The molecular weight excluding hydrogens is 326 g/mol. The number of hydrogen-bond acceptors (Lipinski definition) is 7. The molecule has 1 unspecified atom stereocenters. The van der Waals surface area contributed by atoms with E-state index in [9.17, 15) is 13.2 Å². The van der Waals surface area contributed by atoms with Crippen molar-refractivity contribution in [1.82, 2.24) is 4.31 Å². The first-order valence-electron chi connectivity index (χ1n) is 6.75. The lowest BCUT2D eigenvalue weighted by atomic mass is 9.85. The van der Waals surface area contributed by atoms with Crippen molar-refractivity contribution in [3.63, 3.8) is 0 Å². The number of rotatable bonds is 4. The summed E-state index contributed by atoms with van der Waals surface area (Å²) in [6.45, 7) is 3.60. The fraction of sp³-hybridized carbons (Fsp3) is 0.500. The van der Waals surface area contributed by atoms with Crippen molar-refractivity contribution in [2.45, 2.75) is 25.6 Å². The summed E-state index contributed by atoms with van der Waals surface area (Å²) in [6, 6.07) is 4.59. The van der Waals surface area contributed by atoms with Crippen LogP contribution in [0.2, 0.25) is 0 Å². The van der Waals surface area contributed by atoms with Crippen LogP contribution in [0.1, 0.15) is 19.4 Å². The molecule has 8 nitrogen and oxygen atoms in total. The van der Waals surface area contributed by atoms with Gasteiger partial charge in [-0.2, -0.15) is 12.7 Å². The Morgan fingerprint density at radius 2 is 1.96 bits per heavy atom. The molecule has 1 heterocycles. The van der Waals surface area contributed by atoms with E-state index < -0.39 is 28.2 Å². The summed E-state index contributed by atoms with van der Waals surface area (Å²) >= 11 is 0. The molecule has 1 aromatic carbocycles. The lowest BCUT2D eigenvalue weighted by Gasteiger charge is -2.24. The zero-order valence-corrected chi connectivity index (χ0v) is 14.3. The Balaban J connectivity index is 2.29. The normalized spacial score (nSPS) is 19.0. The van der Waals surface area contributed by atoms with E-state index in [4.69, 9.17) is 13.7 Å². The standard InChI is InChI=1S/C14H19NO7S/c1-14(2)10-8-9(22-23(17,18)15(3)4)6-7-11(10)20-12(14)21-13(16)19-5/h6-8,12H,1-5H3. The number of carbonyl (C=O) groups is 1. The Hall–Kier alpha value is -2.00. The summed E-state index contributed by atoms with van der Waals surface area (Å²) < 4.78 is 44.7. The maximum absolute atomic E-state index is 11.8. The second-order valence-corrected chi connectivity index (χ2v) is 7.48. The van der Waals surface area contributed by atoms with Gasteiger partial charge in [0.15, 0.2) is 0 Å². The minimum Gasteiger partial charge on any atom is -0.453 e. The number of fused-ring (bicyclic) bond motifs is 1. The Morgan fingerprint density at radius 3 is 2.52 bits per heavy atom. The van der Waals surface area contributed by atoms with Crippen LogP contribution in [0.25, 0.3) is 0 Å². The highest BCUT2D eigenvalue weighted by atomic mass is 32.2. The van der Waals surface area contributed by atoms with Gasteiger partial charge in [-0.25, -0.2) is 4.79 Å². The van der Waals surface area contributed by atoms with Gasteiger partial charge in [0.25, 0.3) is 6.29 Å². The first-order valence-corrected chi connectivity index (χ1v) is 8.12. The maximum atomic E-state index is 11.8. The van der Waals surface area contributed by atoms with E-state index in [2.05, 4.69) is 4.74 Å². The number of nitrogens with zero attached hydrogens (tertiary/aromatic N) is 1. The van der Waals surface area contributed by atoms with Crippen LogP contribution in [-0.2, 0) is 25.2 Å². The molecule has 1 aliphatic heterocycles. The summed E-state index contributed by atoms with van der Waals surface area (Å²) in [5.41, 5.74) is -0.0389. The van der Waals surface area contributed by atoms with E-state index in [1.54, 1.807) is 26.0 Å². The Labute approximate surface area is 135 Å². The topological polar surface area (TPSA) is 91.4 Å². The first kappa shape index (κ1) is 17.4. The van der Waals surface area contributed by atoms with Gasteiger partial charge in [0.05, 0.1) is 12.5 Å². The smallest absolute Gasteiger partial charge is 0.453 e. The van der Waals surface area contributed by atoms with E-state index in [-0.39, 0.29) is 5.75 Å². The summed E-state index contributed by atoms with van der Waals surface area (Å²) in [6.07, 6.45) is -1.74. The van der Waals surface area contributed by atoms with Crippen LogP contribution >= 0.6 is 0 Å². The van der Waals surface area contributed by atoms with Crippen LogP contribution in [0.5, 0.6) is 11.5 Å². The molecule has 0 bridgehead atoms. The average molecular weight is 345 g/mol. The maximum Gasteiger partial charge on any atom is 0.511 e. The van der Waals surface area contributed by atoms with E-state index in [0.717, 1.165) is 4.31 Å². The van der Waals surface area contributed by atoms with Gasteiger partial charge in [0.1, 0.15) is 11.5 Å². The van der Waals surface area contributed by atoms with Crippen LogP contribution in [0.3, 0.4) is 0 Å². The first-order chi connectivity index (χ1) is 10.6. The Morgan fingerprint density at radius 1 is 1.30 bits per heavy atom. The van der Waals surface area contributed by atoms with Crippen molar-refractivity contribution in [3.8, 4) is 11.5 Å². The van der Waals surface area contributed by atoms with Gasteiger partial charge in [-0.1, -0.05) is 0 Å². The molecule has 1 aromatic rings. The molecular formula is C14H19NO7S. The lowest BCUT2D eigenvalue weighted by molar-refractivity contribution is -0.0793. The molecule has 0 aromatic heterocycles. The summed E-state index contributed by atoms with van der Waals surface area (Å²) in [7, 11) is 0.0906. The van der Waals surface area contributed by atoms with Crippen molar-refractivity contribution in [2.24, 2.45) is 0 Å². The fourth-order valence-electron chi connectivity index (χ4n) is 2.06. The summed E-state index contributed by atoms with van der Waals surface area (Å²) in [4.78, 5) is 11.3. The van der Waals surface area contributed by atoms with Gasteiger partial charge in [-0.05, 0) is 32.0 Å². The number of benzene rings is 1. The summed E-state index contributed by atoms with van der Waals surface area (Å²) in [5.74, 6) is 0.631. The predicted molar refractivity (Wildman–Crippen MR) is 80.6 cm³/mol. The van der Waals surface area contributed by atoms with Crippen LogP contribution in [0.4, 0.5) is 4.79 Å². The molecule has 0 fully saturated rings. The molecule has 128 valence electrons. The quantitative estimate of drug-likeness (QED) is 0.766. The van der Waals surface area contributed by atoms with Crippen LogP contribution in [-0.4, -0.2) is 46.4 Å². The number of carbonyl (C=O) groups excluding carboxylic acids is 1. The van der Waals surface area contributed by atoms with Crippen molar-refractivity contribution in [3.05, 3.63) is 23.8 Å². The molecule has 0 N–H and O–H groups in total. The van der Waals surface area contributed by atoms with E-state index in [1.165, 1.54) is 27.3 Å². The number of hydrogen-bond donors (Lipinski definition) is 0. The average Bonchev–Trinajstić information content (AvgIpc) is 2.70. The van der Waals surface area contributed by atoms with Gasteiger partial charge < -0.3 is 18.4 Å². The third-order valence-electron chi connectivity index (χ3n) is 3.49. The number of ether oxygens (including phenoxy) is 3. The van der Waals surface area contributed by atoms with Crippen molar-refractivity contribution >= 4 is 16.5 Å². The molecule has 0 saturated heterocycles. The third-order valence-corrected chi connectivity index (χ3v) is 4.78. The van der Waals surface area contributed by atoms with Gasteiger partial charge in [0.2, 0.25) is 0 Å². The van der Waals surface area contributed by atoms with Crippen LogP contribution < -0.4 is 8.92 Å². The lowest BCUT2D eigenvalue weighted by Crippen LogP contribution is -2.36. The minimum absolute atomic E-state index is 0.146. The highest BCUT2D eigenvalue weighted by Crippen LogP contribution is 2.45. The molecule has 0 aliphatic carbocycles. The van der Waals surface area contributed by atoms with E-state index in [1.807, 2.05) is 0 Å². The molecule has 23 heavy (non-hydrogen) atoms. The monoisotopic (exact) mass is 345 g/mol. The Bertz CT molecular complexity index is 712. The molecule has 0 radical (unpaired) electrons. The van der Waals surface area contributed by atoms with Crippen molar-refractivity contribution in [1.29, 1.82) is 0 Å². The highest BCUT2D eigenvalue weighted by molar-refractivity contribution is 7.84. The minimum atomic E-state index is -3.86. The largest absolute Gasteiger partial charge is 0.511 e. The number of methoxy groups -OCH3 is 1. The van der Waals surface area contributed by atoms with Crippen molar-refractivity contribution < 1.29 is 31.6 Å². The zero-order valence-electron chi connectivity index (χ0n) is 13.5. The molecule has 0 saturated carbocycles. The molecule has 0 amide bonds. The predicted octanol–water partition coefficient (Wildman–Crippen LogP) is 1.65. The van der Waals surface area contributed by atoms with E-state index >= 15 is 0 Å². The van der Waals surface area contributed by atoms with Crippen molar-refractivity contribution in [2.75, 3.05) is 21.2 Å². The third kappa shape index (κ3) is 3.35. The highest BCUT2D eigenvalue weighted by Gasteiger charge is 2.45. The second kappa shape index (κ2) is 5.89. The van der Waals surface area contributed by atoms with Gasteiger partial charge in [-0.15, -0.1) is 0 Å². The van der Waals surface area contributed by atoms with E-state index in [0.29, 0.717) is 11.3 Å². The molecule has 0 spiro atoms. The molecule has 2 rings (SSSR count). The zero-order chi connectivity index (χ0) is 17.4. The second-order valence-electron chi connectivity index (χ2n) is 5.72. The molecule has 1 atom stereocenters. The Kier molecular flexibility index (Phi) is 4.45. The van der Waals surface area contributed by atoms with Crippen LogP contribution in [0.15, 0.2) is 18.2 Å². The molecule has 1 aliphatic rings. The van der Waals surface area contributed by atoms with Crippen LogP contribution in [0, 0.1) is 0 Å². The van der Waals surface area contributed by atoms with Gasteiger partial charge in [-0.3, -0.25) is 0 Å². The van der Waals surface area contributed by atoms with Gasteiger partial charge >= 0.3 is 16.5 Å². The SMILES string of the molecule is COC(=O)OC1Oc2ccc(OS(=O)(=O)N(C)C)cc2C1(C)C.